The smallest absolute Gasteiger partial charge is 0.217 e. The summed E-state index contributed by atoms with van der Waals surface area (Å²) < 4.78 is 5.66. The van der Waals surface area contributed by atoms with E-state index in [-0.39, 0.29) is 18.1 Å². The summed E-state index contributed by atoms with van der Waals surface area (Å²) in [5.41, 5.74) is 2.41. The van der Waals surface area contributed by atoms with Crippen molar-refractivity contribution < 1.29 is 9.53 Å². The van der Waals surface area contributed by atoms with Gasteiger partial charge in [0.05, 0.1) is 23.9 Å². The molecule has 2 N–H and O–H groups in total. The van der Waals surface area contributed by atoms with Crippen LogP contribution < -0.4 is 5.32 Å². The van der Waals surface area contributed by atoms with Gasteiger partial charge < -0.3 is 10.1 Å². The molecule has 1 saturated heterocycles. The number of ether oxygens (including phenoxy) is 1. The molecule has 1 aromatic heterocycles. The van der Waals surface area contributed by atoms with Crippen LogP contribution in [0.1, 0.15) is 25.3 Å². The maximum Gasteiger partial charge on any atom is 0.217 e. The maximum atomic E-state index is 11.5. The van der Waals surface area contributed by atoms with E-state index in [1.165, 1.54) is 5.56 Å². The summed E-state index contributed by atoms with van der Waals surface area (Å²) in [6, 6.07) is 6.66. The van der Waals surface area contributed by atoms with E-state index in [1.54, 1.807) is 14.0 Å². The molecule has 6 nitrogen and oxygen atoms in total. The first-order valence-corrected chi connectivity index (χ1v) is 9.06. The van der Waals surface area contributed by atoms with Crippen molar-refractivity contribution in [2.75, 3.05) is 20.2 Å². The van der Waals surface area contributed by atoms with Gasteiger partial charge in [-0.2, -0.15) is 5.10 Å². The number of rotatable bonds is 4. The minimum absolute atomic E-state index is 0.0354. The summed E-state index contributed by atoms with van der Waals surface area (Å²) in [5, 5.41) is 11.4. The Morgan fingerprint density at radius 1 is 1.36 bits per heavy atom. The Bertz CT molecular complexity index is 759. The zero-order valence-electron chi connectivity index (χ0n) is 14.9. The van der Waals surface area contributed by atoms with Gasteiger partial charge in [-0.15, -0.1) is 0 Å². The molecule has 2 aromatic rings. The van der Waals surface area contributed by atoms with Crippen molar-refractivity contribution >= 4 is 16.8 Å². The van der Waals surface area contributed by atoms with Crippen LogP contribution in [0.25, 0.3) is 10.9 Å². The molecule has 1 aromatic carbocycles. The SMILES string of the molecule is CO[C@@H]1C[C@H]2CN(Cc3ccc4cn[nH]c4c3)C[C@H]2C[C@H]1NC(C)=O. The highest BCUT2D eigenvalue weighted by Crippen LogP contribution is 2.38. The molecule has 25 heavy (non-hydrogen) atoms. The number of aromatic amines is 1. The largest absolute Gasteiger partial charge is 0.379 e. The van der Waals surface area contributed by atoms with E-state index in [2.05, 4.69) is 38.6 Å². The topological polar surface area (TPSA) is 70.2 Å². The fourth-order valence-electron chi connectivity index (χ4n) is 4.65. The number of methoxy groups -OCH3 is 1. The quantitative estimate of drug-likeness (QED) is 0.891. The Morgan fingerprint density at radius 3 is 2.92 bits per heavy atom. The van der Waals surface area contributed by atoms with Gasteiger partial charge in [0.2, 0.25) is 5.91 Å². The van der Waals surface area contributed by atoms with Crippen molar-refractivity contribution in [2.45, 2.75) is 38.5 Å². The second-order valence-electron chi connectivity index (χ2n) is 7.56. The fraction of sp³-hybridized carbons (Fsp3) is 0.579. The minimum atomic E-state index is 0.0354. The van der Waals surface area contributed by atoms with Crippen molar-refractivity contribution in [3.63, 3.8) is 0 Å². The maximum absolute atomic E-state index is 11.5. The summed E-state index contributed by atoms with van der Waals surface area (Å²) >= 11 is 0. The molecule has 1 saturated carbocycles. The predicted molar refractivity (Wildman–Crippen MR) is 96.0 cm³/mol. The highest BCUT2D eigenvalue weighted by atomic mass is 16.5. The lowest BCUT2D eigenvalue weighted by Crippen LogP contribution is -2.49. The van der Waals surface area contributed by atoms with Gasteiger partial charge in [-0.1, -0.05) is 12.1 Å². The summed E-state index contributed by atoms with van der Waals surface area (Å²) in [7, 11) is 1.76. The van der Waals surface area contributed by atoms with Gasteiger partial charge in [0.15, 0.2) is 0 Å². The van der Waals surface area contributed by atoms with Crippen LogP contribution in [0.2, 0.25) is 0 Å². The number of nitrogens with zero attached hydrogens (tertiary/aromatic N) is 2. The van der Waals surface area contributed by atoms with Gasteiger partial charge in [-0.25, -0.2) is 0 Å². The number of fused-ring (bicyclic) bond motifs is 2. The monoisotopic (exact) mass is 342 g/mol. The van der Waals surface area contributed by atoms with Gasteiger partial charge in [0.25, 0.3) is 0 Å². The Kier molecular flexibility index (Phi) is 4.48. The highest BCUT2D eigenvalue weighted by molar-refractivity contribution is 5.78. The molecule has 2 fully saturated rings. The average Bonchev–Trinajstić information content (AvgIpc) is 3.18. The Labute approximate surface area is 147 Å². The molecule has 134 valence electrons. The van der Waals surface area contributed by atoms with Gasteiger partial charge in [0.1, 0.15) is 0 Å². The van der Waals surface area contributed by atoms with Crippen LogP contribution in [0.4, 0.5) is 0 Å². The number of carbonyl (C=O) groups excluding carboxylic acids is 1. The predicted octanol–water partition coefficient (Wildman–Crippen LogP) is 1.92. The number of hydrogen-bond donors (Lipinski definition) is 2. The number of amides is 1. The molecule has 2 aliphatic rings. The molecular formula is C19H26N4O2. The average molecular weight is 342 g/mol. The van der Waals surface area contributed by atoms with E-state index < -0.39 is 0 Å². The number of benzene rings is 1. The minimum Gasteiger partial charge on any atom is -0.379 e. The van der Waals surface area contributed by atoms with Gasteiger partial charge >= 0.3 is 0 Å². The lowest BCUT2D eigenvalue weighted by Gasteiger charge is -2.37. The molecule has 1 aliphatic heterocycles. The third-order valence-corrected chi connectivity index (χ3v) is 5.80. The third-order valence-electron chi connectivity index (χ3n) is 5.80. The Morgan fingerprint density at radius 2 is 2.16 bits per heavy atom. The van der Waals surface area contributed by atoms with Crippen LogP contribution in [0, 0.1) is 11.8 Å². The molecule has 6 heteroatoms. The Hall–Kier alpha value is -1.92. The van der Waals surface area contributed by atoms with E-state index in [1.807, 2.05) is 6.20 Å². The van der Waals surface area contributed by atoms with Crippen LogP contribution in [0.3, 0.4) is 0 Å². The fourth-order valence-corrected chi connectivity index (χ4v) is 4.65. The third kappa shape index (κ3) is 3.41. The van der Waals surface area contributed by atoms with Crippen LogP contribution >= 0.6 is 0 Å². The second-order valence-corrected chi connectivity index (χ2v) is 7.56. The normalized spacial score (nSPS) is 29.7. The molecule has 2 heterocycles. The molecule has 4 rings (SSSR count). The summed E-state index contributed by atoms with van der Waals surface area (Å²) in [4.78, 5) is 14.0. The van der Waals surface area contributed by atoms with Crippen LogP contribution in [0.5, 0.6) is 0 Å². The van der Waals surface area contributed by atoms with Crippen LogP contribution in [-0.2, 0) is 16.1 Å². The number of likely N-dealkylation sites (tertiary alicyclic amines) is 1. The second kappa shape index (κ2) is 6.77. The van der Waals surface area contributed by atoms with E-state index in [9.17, 15) is 4.79 Å². The first-order valence-electron chi connectivity index (χ1n) is 9.06. The lowest BCUT2D eigenvalue weighted by atomic mass is 9.77. The van der Waals surface area contributed by atoms with E-state index in [0.29, 0.717) is 11.8 Å². The van der Waals surface area contributed by atoms with Gasteiger partial charge in [-0.3, -0.25) is 14.8 Å². The van der Waals surface area contributed by atoms with E-state index in [4.69, 9.17) is 4.74 Å². The highest BCUT2D eigenvalue weighted by Gasteiger charge is 2.42. The number of carbonyl (C=O) groups is 1. The Balaban J connectivity index is 1.42. The molecule has 0 bridgehead atoms. The molecular weight excluding hydrogens is 316 g/mol. The molecule has 0 unspecified atom stereocenters. The first-order chi connectivity index (χ1) is 12.1. The standard InChI is InChI=1S/C19H26N4O2/c1-12(24)21-18-6-15-10-23(11-16(15)7-19(18)25-2)9-13-3-4-14-8-20-22-17(14)5-13/h3-5,8,15-16,18-19H,6-7,9-11H2,1-2H3,(H,20,22)(H,21,24)/t15-,16+,18-,19-/m1/s1. The first kappa shape index (κ1) is 16.5. The lowest BCUT2D eigenvalue weighted by molar-refractivity contribution is -0.121. The van der Waals surface area contributed by atoms with Crippen molar-refractivity contribution in [1.82, 2.24) is 20.4 Å². The van der Waals surface area contributed by atoms with Crippen molar-refractivity contribution in [2.24, 2.45) is 11.8 Å². The van der Waals surface area contributed by atoms with E-state index in [0.717, 1.165) is 43.4 Å². The molecule has 0 spiro atoms. The molecule has 1 amide bonds. The summed E-state index contributed by atoms with van der Waals surface area (Å²) in [6.07, 6.45) is 4.03. The van der Waals surface area contributed by atoms with E-state index >= 15 is 0 Å². The van der Waals surface area contributed by atoms with Crippen LogP contribution in [-0.4, -0.2) is 53.3 Å². The zero-order chi connectivity index (χ0) is 17.4. The zero-order valence-corrected chi connectivity index (χ0v) is 14.9. The molecule has 4 atom stereocenters. The summed E-state index contributed by atoms with van der Waals surface area (Å²) in [6.45, 7) is 4.76. The number of nitrogens with one attached hydrogen (secondary N) is 2. The van der Waals surface area contributed by atoms with Crippen molar-refractivity contribution in [3.8, 4) is 0 Å². The van der Waals surface area contributed by atoms with Gasteiger partial charge in [0, 0.05) is 39.1 Å². The number of hydrogen-bond acceptors (Lipinski definition) is 4. The van der Waals surface area contributed by atoms with Crippen molar-refractivity contribution in [1.29, 1.82) is 0 Å². The van der Waals surface area contributed by atoms with Crippen LogP contribution in [0.15, 0.2) is 24.4 Å². The number of aromatic nitrogens is 2. The van der Waals surface area contributed by atoms with Gasteiger partial charge in [-0.05, 0) is 36.3 Å². The summed E-state index contributed by atoms with van der Waals surface area (Å²) in [5.74, 6) is 1.33. The van der Waals surface area contributed by atoms with Crippen molar-refractivity contribution in [3.05, 3.63) is 30.0 Å². The molecule has 0 radical (unpaired) electrons. The number of H-pyrrole nitrogens is 1. The molecule has 1 aliphatic carbocycles.